The number of para-hydroxylation sites is 1. The summed E-state index contributed by atoms with van der Waals surface area (Å²) >= 11 is 1.34. The number of benzene rings is 3. The quantitative estimate of drug-likeness (QED) is 0.279. The van der Waals surface area contributed by atoms with E-state index in [0.29, 0.717) is 46.0 Å². The molecule has 0 saturated heterocycles. The molecule has 0 aliphatic carbocycles. The van der Waals surface area contributed by atoms with Gasteiger partial charge < -0.3 is 15.4 Å². The van der Waals surface area contributed by atoms with E-state index in [9.17, 15) is 9.18 Å². The number of anilines is 2. The highest BCUT2D eigenvalue weighted by Crippen LogP contribution is 2.37. The Morgan fingerprint density at radius 3 is 2.54 bits per heavy atom. The van der Waals surface area contributed by atoms with Gasteiger partial charge in [0.2, 0.25) is 11.1 Å². The van der Waals surface area contributed by atoms with Crippen molar-refractivity contribution in [1.82, 2.24) is 14.8 Å². The third-order valence-electron chi connectivity index (χ3n) is 5.93. The molecule has 0 fully saturated rings. The van der Waals surface area contributed by atoms with Gasteiger partial charge in [-0.3, -0.25) is 4.79 Å². The maximum Gasteiger partial charge on any atom is 0.255 e. The number of rotatable bonds is 8. The van der Waals surface area contributed by atoms with E-state index in [-0.39, 0.29) is 11.7 Å². The molecule has 188 valence electrons. The highest BCUT2D eigenvalue weighted by molar-refractivity contribution is 7.98. The molecule has 3 aromatic carbocycles. The van der Waals surface area contributed by atoms with Crippen LogP contribution in [0.1, 0.15) is 31.0 Å². The number of halogens is 1. The fraction of sp³-hybridized carbons (Fsp3) is 0.179. The number of fused-ring (bicyclic) bond motifs is 1. The molecule has 9 heteroatoms. The van der Waals surface area contributed by atoms with E-state index >= 15 is 0 Å². The number of hydrogen-bond donors (Lipinski definition) is 2. The normalized spacial score (nSPS) is 14.6. The van der Waals surface area contributed by atoms with Gasteiger partial charge in [0.15, 0.2) is 0 Å². The van der Waals surface area contributed by atoms with Crippen molar-refractivity contribution in [1.29, 1.82) is 0 Å². The molecule has 7 nitrogen and oxygen atoms in total. The van der Waals surface area contributed by atoms with Gasteiger partial charge in [0, 0.05) is 17.1 Å². The van der Waals surface area contributed by atoms with Crippen LogP contribution in [0.5, 0.6) is 5.75 Å². The predicted octanol–water partition coefficient (Wildman–Crippen LogP) is 6.04. The van der Waals surface area contributed by atoms with Crippen LogP contribution in [-0.2, 0) is 10.5 Å². The number of carbonyl (C=O) groups is 1. The van der Waals surface area contributed by atoms with E-state index in [0.717, 1.165) is 11.3 Å². The average Bonchev–Trinajstić information content (AvgIpc) is 3.31. The van der Waals surface area contributed by atoms with Crippen LogP contribution in [0.3, 0.4) is 0 Å². The fourth-order valence-corrected chi connectivity index (χ4v) is 5.00. The summed E-state index contributed by atoms with van der Waals surface area (Å²) in [6, 6.07) is 23.1. The second kappa shape index (κ2) is 10.9. The second-order valence-electron chi connectivity index (χ2n) is 8.43. The summed E-state index contributed by atoms with van der Waals surface area (Å²) in [5.41, 5.74) is 3.34. The van der Waals surface area contributed by atoms with Crippen LogP contribution in [-0.4, -0.2) is 27.3 Å². The van der Waals surface area contributed by atoms with Gasteiger partial charge in [-0.2, -0.15) is 4.98 Å². The average molecular weight is 516 g/mol. The molecule has 1 amide bonds. The molecule has 1 aliphatic heterocycles. The van der Waals surface area contributed by atoms with Crippen molar-refractivity contribution in [2.75, 3.05) is 17.2 Å². The molecule has 0 radical (unpaired) electrons. The summed E-state index contributed by atoms with van der Waals surface area (Å²) in [6.07, 6.45) is 0. The van der Waals surface area contributed by atoms with E-state index < -0.39 is 6.04 Å². The molecule has 5 rings (SSSR count). The molecule has 2 heterocycles. The molecule has 1 atom stereocenters. The van der Waals surface area contributed by atoms with Crippen LogP contribution in [0.2, 0.25) is 0 Å². The minimum atomic E-state index is -0.522. The molecule has 0 saturated carbocycles. The van der Waals surface area contributed by atoms with E-state index in [1.807, 2.05) is 68.4 Å². The minimum absolute atomic E-state index is 0.239. The van der Waals surface area contributed by atoms with Gasteiger partial charge in [-0.05, 0) is 55.3 Å². The zero-order valence-electron chi connectivity index (χ0n) is 20.4. The number of nitrogens with one attached hydrogen (secondary N) is 2. The summed E-state index contributed by atoms with van der Waals surface area (Å²) in [4.78, 5) is 18.2. The van der Waals surface area contributed by atoms with Crippen molar-refractivity contribution >= 4 is 29.3 Å². The smallest absolute Gasteiger partial charge is 0.255 e. The van der Waals surface area contributed by atoms with E-state index in [1.54, 1.807) is 22.9 Å². The highest BCUT2D eigenvalue weighted by atomic mass is 32.2. The molecular formula is C28H26FN5O2S. The monoisotopic (exact) mass is 515 g/mol. The lowest BCUT2D eigenvalue weighted by Crippen LogP contribution is -2.31. The Balaban J connectivity index is 1.49. The van der Waals surface area contributed by atoms with Crippen LogP contribution < -0.4 is 15.4 Å². The maximum atomic E-state index is 14.1. The fourth-order valence-electron chi connectivity index (χ4n) is 4.19. The Kier molecular flexibility index (Phi) is 7.23. The number of ether oxygens (including phenoxy) is 1. The topological polar surface area (TPSA) is 81.1 Å². The van der Waals surface area contributed by atoms with Crippen molar-refractivity contribution in [3.63, 3.8) is 0 Å². The third kappa shape index (κ3) is 5.36. The second-order valence-corrected chi connectivity index (χ2v) is 9.37. The Morgan fingerprint density at radius 2 is 1.81 bits per heavy atom. The summed E-state index contributed by atoms with van der Waals surface area (Å²) in [7, 11) is 0. The first-order valence-electron chi connectivity index (χ1n) is 11.9. The van der Waals surface area contributed by atoms with Gasteiger partial charge >= 0.3 is 0 Å². The molecule has 1 unspecified atom stereocenters. The molecule has 1 aromatic heterocycles. The van der Waals surface area contributed by atoms with E-state index in [1.165, 1.54) is 17.8 Å². The van der Waals surface area contributed by atoms with Crippen LogP contribution in [0.15, 0.2) is 95.3 Å². The lowest BCUT2D eigenvalue weighted by atomic mass is 9.95. The summed E-state index contributed by atoms with van der Waals surface area (Å²) in [5, 5.41) is 11.4. The van der Waals surface area contributed by atoms with E-state index in [4.69, 9.17) is 9.84 Å². The summed E-state index contributed by atoms with van der Waals surface area (Å²) < 4.78 is 21.4. The third-order valence-corrected chi connectivity index (χ3v) is 6.82. The first kappa shape index (κ1) is 24.6. The number of nitrogens with zero attached hydrogens (tertiary/aromatic N) is 3. The Morgan fingerprint density at radius 1 is 1.08 bits per heavy atom. The first-order valence-corrected chi connectivity index (χ1v) is 12.9. The van der Waals surface area contributed by atoms with Gasteiger partial charge in [0.05, 0.1) is 12.2 Å². The van der Waals surface area contributed by atoms with Gasteiger partial charge in [0.1, 0.15) is 17.6 Å². The van der Waals surface area contributed by atoms with Gasteiger partial charge in [-0.25, -0.2) is 9.07 Å². The van der Waals surface area contributed by atoms with Crippen LogP contribution in [0, 0.1) is 5.82 Å². The Labute approximate surface area is 218 Å². The van der Waals surface area contributed by atoms with Crippen molar-refractivity contribution in [2.45, 2.75) is 30.8 Å². The summed E-state index contributed by atoms with van der Waals surface area (Å²) in [5.74, 6) is 1.15. The number of hydrogen-bond acceptors (Lipinski definition) is 6. The highest BCUT2D eigenvalue weighted by Gasteiger charge is 2.34. The van der Waals surface area contributed by atoms with Crippen molar-refractivity contribution in [3.8, 4) is 5.75 Å². The van der Waals surface area contributed by atoms with Gasteiger partial charge in [-0.15, -0.1) is 5.10 Å². The maximum absolute atomic E-state index is 14.1. The number of amides is 1. The van der Waals surface area contributed by atoms with Crippen LogP contribution in [0.25, 0.3) is 0 Å². The molecule has 0 spiro atoms. The number of allylic oxidation sites excluding steroid dienone is 1. The zero-order chi connectivity index (χ0) is 25.8. The van der Waals surface area contributed by atoms with Crippen LogP contribution >= 0.6 is 11.8 Å². The minimum Gasteiger partial charge on any atom is -0.494 e. The first-order chi connectivity index (χ1) is 18.0. The van der Waals surface area contributed by atoms with Crippen molar-refractivity contribution < 1.29 is 13.9 Å². The SMILES string of the molecule is CCOc1ccc(C2C(C(=O)Nc3ccccc3)=C(C)Nc3nc(SCc4ccccc4F)nn32)cc1. The number of carbonyl (C=O) groups excluding carboxylic acids is 1. The molecule has 37 heavy (non-hydrogen) atoms. The summed E-state index contributed by atoms with van der Waals surface area (Å²) in [6.45, 7) is 4.35. The van der Waals surface area contributed by atoms with Crippen LogP contribution in [0.4, 0.5) is 16.0 Å². The lowest BCUT2D eigenvalue weighted by molar-refractivity contribution is -0.113. The number of aromatic nitrogens is 3. The number of thioether (sulfide) groups is 1. The van der Waals surface area contributed by atoms with Crippen molar-refractivity contribution in [2.24, 2.45) is 0 Å². The largest absolute Gasteiger partial charge is 0.494 e. The molecule has 4 aromatic rings. The standard InChI is InChI=1S/C28H26FN5O2S/c1-3-36-22-15-13-19(14-16-22)25-24(26(35)31-21-10-5-4-6-11-21)18(2)30-27-32-28(33-34(25)27)37-17-20-9-7-8-12-23(20)29/h4-16,25H,3,17H2,1-2H3,(H,31,35)(H,30,32,33). The molecule has 1 aliphatic rings. The van der Waals surface area contributed by atoms with Gasteiger partial charge in [0.25, 0.3) is 5.91 Å². The van der Waals surface area contributed by atoms with E-state index in [2.05, 4.69) is 15.6 Å². The predicted molar refractivity (Wildman–Crippen MR) is 143 cm³/mol. The Bertz CT molecular complexity index is 1440. The molecular weight excluding hydrogens is 489 g/mol. The Hall–Kier alpha value is -4.11. The zero-order valence-corrected chi connectivity index (χ0v) is 21.3. The molecule has 2 N–H and O–H groups in total. The molecule has 0 bridgehead atoms. The van der Waals surface area contributed by atoms with Crippen molar-refractivity contribution in [3.05, 3.63) is 107 Å². The van der Waals surface area contributed by atoms with Gasteiger partial charge in [-0.1, -0.05) is 60.3 Å². The lowest BCUT2D eigenvalue weighted by Gasteiger charge is -2.28.